The first-order valence-electron chi connectivity index (χ1n) is 21.5. The van der Waals surface area contributed by atoms with Gasteiger partial charge in [0.15, 0.2) is 0 Å². The van der Waals surface area contributed by atoms with E-state index in [9.17, 15) is 0 Å². The number of nitrogens with zero attached hydrogens (tertiary/aromatic N) is 1. The molecule has 1 nitrogen and oxygen atoms in total. The fourth-order valence-electron chi connectivity index (χ4n) is 10.2. The highest BCUT2D eigenvalue weighted by Crippen LogP contribution is 2.57. The summed E-state index contributed by atoms with van der Waals surface area (Å²) in [5.41, 5.74) is 24.2. The highest BCUT2D eigenvalue weighted by Gasteiger charge is 2.42. The number of benzene rings is 9. The van der Waals surface area contributed by atoms with Crippen molar-refractivity contribution in [2.24, 2.45) is 0 Å². The Morgan fingerprint density at radius 3 is 1.15 bits per heavy atom. The second-order valence-electron chi connectivity index (χ2n) is 17.8. The van der Waals surface area contributed by atoms with Crippen molar-refractivity contribution < 1.29 is 0 Å². The Balaban J connectivity index is 0.923. The Bertz CT molecular complexity index is 2980. The fraction of sp³-hybridized carbons (Fsp3) is 0.100. The minimum Gasteiger partial charge on any atom is -0.311 e. The third kappa shape index (κ3) is 6.07. The highest BCUT2D eigenvalue weighted by atomic mass is 15.1. The van der Waals surface area contributed by atoms with Gasteiger partial charge in [0.05, 0.1) is 0 Å². The van der Waals surface area contributed by atoms with Crippen molar-refractivity contribution in [3.63, 3.8) is 0 Å². The van der Waals surface area contributed by atoms with E-state index in [1.165, 1.54) is 89.0 Å². The van der Waals surface area contributed by atoms with Gasteiger partial charge in [0.2, 0.25) is 0 Å². The molecule has 0 atom stereocenters. The Kier molecular flexibility index (Phi) is 8.58. The van der Waals surface area contributed by atoms with Crippen molar-refractivity contribution in [2.45, 2.75) is 38.5 Å². The minimum atomic E-state index is -0.0964. The van der Waals surface area contributed by atoms with Crippen molar-refractivity contribution in [3.8, 4) is 66.8 Å². The van der Waals surface area contributed by atoms with E-state index in [2.05, 4.69) is 245 Å². The zero-order valence-corrected chi connectivity index (χ0v) is 35.2. The summed E-state index contributed by atoms with van der Waals surface area (Å²) in [7, 11) is 0. The first-order chi connectivity index (χ1) is 29.8. The fourth-order valence-corrected chi connectivity index (χ4v) is 10.2. The molecule has 0 unspecified atom stereocenters. The molecule has 61 heavy (non-hydrogen) atoms. The summed E-state index contributed by atoms with van der Waals surface area (Å²) in [6.45, 7) is 9.55. The second kappa shape index (κ2) is 14.2. The van der Waals surface area contributed by atoms with Crippen LogP contribution in [0.2, 0.25) is 0 Å². The Morgan fingerprint density at radius 1 is 0.262 bits per heavy atom. The van der Waals surface area contributed by atoms with E-state index in [4.69, 9.17) is 0 Å². The van der Waals surface area contributed by atoms with E-state index >= 15 is 0 Å². The van der Waals surface area contributed by atoms with Crippen LogP contribution in [-0.2, 0) is 10.8 Å². The molecule has 2 aliphatic rings. The predicted molar refractivity (Wildman–Crippen MR) is 258 cm³/mol. The zero-order valence-electron chi connectivity index (χ0n) is 35.2. The lowest BCUT2D eigenvalue weighted by atomic mass is 9.79. The molecule has 0 radical (unpaired) electrons. The molecule has 0 spiro atoms. The van der Waals surface area contributed by atoms with Gasteiger partial charge in [-0.2, -0.15) is 0 Å². The maximum absolute atomic E-state index is 2.52. The minimum absolute atomic E-state index is 0.0446. The standard InChI is InChI=1S/C60H47N/c1-59(2)54-20-12-11-18-51(54)52-38-57-53(39-56(52)59)58-50(19-13-21-55(58)60(57,3)4)46-24-22-42(23-25-46)45-30-36-49(37-31-45)61(47-32-26-43(27-33-47)40-14-7-5-8-15-40)48-34-28-44(29-35-48)41-16-9-6-10-17-41/h5-39H,1-4H3. The molecule has 9 aromatic carbocycles. The lowest BCUT2D eigenvalue weighted by Gasteiger charge is -2.26. The molecule has 0 heterocycles. The van der Waals surface area contributed by atoms with Gasteiger partial charge in [-0.05, 0) is 138 Å². The van der Waals surface area contributed by atoms with Gasteiger partial charge in [-0.25, -0.2) is 0 Å². The van der Waals surface area contributed by atoms with E-state index in [1.54, 1.807) is 0 Å². The van der Waals surface area contributed by atoms with Gasteiger partial charge in [0.25, 0.3) is 0 Å². The van der Waals surface area contributed by atoms with Gasteiger partial charge in [-0.3, -0.25) is 0 Å². The molecule has 0 N–H and O–H groups in total. The van der Waals surface area contributed by atoms with Crippen LogP contribution in [0, 0.1) is 0 Å². The van der Waals surface area contributed by atoms with Gasteiger partial charge < -0.3 is 4.90 Å². The third-order valence-corrected chi connectivity index (χ3v) is 13.5. The molecule has 0 aromatic heterocycles. The van der Waals surface area contributed by atoms with Crippen LogP contribution in [0.5, 0.6) is 0 Å². The predicted octanol–water partition coefficient (Wildman–Crippen LogP) is 16.4. The average molecular weight is 782 g/mol. The smallest absolute Gasteiger partial charge is 0.0462 e. The maximum Gasteiger partial charge on any atom is 0.0462 e. The molecule has 11 rings (SSSR count). The van der Waals surface area contributed by atoms with E-state index in [-0.39, 0.29) is 10.8 Å². The van der Waals surface area contributed by atoms with E-state index in [0.717, 1.165) is 17.1 Å². The van der Waals surface area contributed by atoms with Crippen LogP contribution in [-0.4, -0.2) is 0 Å². The summed E-state index contributed by atoms with van der Waals surface area (Å²) in [5.74, 6) is 0. The Labute approximate surface area is 360 Å². The summed E-state index contributed by atoms with van der Waals surface area (Å²) in [6, 6.07) is 78.1. The summed E-state index contributed by atoms with van der Waals surface area (Å²) in [5, 5.41) is 0. The van der Waals surface area contributed by atoms with Crippen LogP contribution in [0.3, 0.4) is 0 Å². The summed E-state index contributed by atoms with van der Waals surface area (Å²) >= 11 is 0. The lowest BCUT2D eigenvalue weighted by Crippen LogP contribution is -2.16. The van der Waals surface area contributed by atoms with Crippen LogP contribution >= 0.6 is 0 Å². The molecule has 0 saturated carbocycles. The molecule has 0 fully saturated rings. The second-order valence-corrected chi connectivity index (χ2v) is 17.8. The molecule has 0 amide bonds. The monoisotopic (exact) mass is 781 g/mol. The van der Waals surface area contributed by atoms with Crippen molar-refractivity contribution >= 4 is 17.1 Å². The first kappa shape index (κ1) is 36.8. The molecule has 0 bridgehead atoms. The zero-order chi connectivity index (χ0) is 41.3. The molecule has 1 heteroatoms. The largest absolute Gasteiger partial charge is 0.311 e. The third-order valence-electron chi connectivity index (χ3n) is 13.5. The number of anilines is 3. The maximum atomic E-state index is 2.52. The first-order valence-corrected chi connectivity index (χ1v) is 21.5. The molecular weight excluding hydrogens is 735 g/mol. The molecule has 9 aromatic rings. The van der Waals surface area contributed by atoms with Gasteiger partial charge in [0, 0.05) is 27.9 Å². The van der Waals surface area contributed by atoms with Crippen molar-refractivity contribution in [2.75, 3.05) is 4.90 Å². The van der Waals surface area contributed by atoms with Crippen LogP contribution in [0.15, 0.2) is 212 Å². The highest BCUT2D eigenvalue weighted by molar-refractivity contribution is 5.96. The van der Waals surface area contributed by atoms with Crippen LogP contribution in [0.4, 0.5) is 17.1 Å². The lowest BCUT2D eigenvalue weighted by molar-refractivity contribution is 0.652. The van der Waals surface area contributed by atoms with E-state index in [1.807, 2.05) is 0 Å². The van der Waals surface area contributed by atoms with E-state index in [0.29, 0.717) is 0 Å². The molecule has 2 aliphatic carbocycles. The van der Waals surface area contributed by atoms with Gasteiger partial charge in [-0.1, -0.05) is 191 Å². The molecule has 0 saturated heterocycles. The topological polar surface area (TPSA) is 3.24 Å². The number of fused-ring (bicyclic) bond motifs is 6. The van der Waals surface area contributed by atoms with Crippen molar-refractivity contribution in [1.29, 1.82) is 0 Å². The Morgan fingerprint density at radius 2 is 0.623 bits per heavy atom. The van der Waals surface area contributed by atoms with Gasteiger partial charge in [-0.15, -0.1) is 0 Å². The van der Waals surface area contributed by atoms with Crippen LogP contribution in [0.25, 0.3) is 66.8 Å². The average Bonchev–Trinajstić information content (AvgIpc) is 3.68. The summed E-state index contributed by atoms with van der Waals surface area (Å²) in [6.07, 6.45) is 0. The van der Waals surface area contributed by atoms with Crippen molar-refractivity contribution in [3.05, 3.63) is 235 Å². The number of hydrogen-bond donors (Lipinski definition) is 0. The quantitative estimate of drug-likeness (QED) is 0.156. The molecule has 0 aliphatic heterocycles. The van der Waals surface area contributed by atoms with Crippen LogP contribution < -0.4 is 4.90 Å². The number of hydrogen-bond acceptors (Lipinski definition) is 1. The molecular formula is C60H47N. The number of rotatable bonds is 7. The Hall–Kier alpha value is -7.22. The molecule has 292 valence electrons. The summed E-state index contributed by atoms with van der Waals surface area (Å²) in [4.78, 5) is 2.35. The van der Waals surface area contributed by atoms with E-state index < -0.39 is 0 Å². The van der Waals surface area contributed by atoms with Crippen molar-refractivity contribution in [1.82, 2.24) is 0 Å². The SMILES string of the molecule is CC1(C)c2ccccc2-c2cc3c(cc21)-c1c(-c2ccc(-c4ccc(N(c5ccc(-c6ccccc6)cc5)c5ccc(-c6ccccc6)cc5)cc4)cc2)cccc1C3(C)C. The van der Waals surface area contributed by atoms with Crippen LogP contribution in [0.1, 0.15) is 49.9 Å². The summed E-state index contributed by atoms with van der Waals surface area (Å²) < 4.78 is 0. The normalized spacial score (nSPS) is 13.8. The van der Waals surface area contributed by atoms with Gasteiger partial charge in [0.1, 0.15) is 0 Å². The van der Waals surface area contributed by atoms with Gasteiger partial charge >= 0.3 is 0 Å².